The summed E-state index contributed by atoms with van der Waals surface area (Å²) in [6.45, 7) is 2.58. The Morgan fingerprint density at radius 2 is 1.78 bits per heavy atom. The first-order valence-electron chi connectivity index (χ1n) is 14.9. The monoisotopic (exact) mass is 644 g/mol. The molecule has 2 atom stereocenters. The fraction of sp³-hybridized carbons (Fsp3) is 0.364. The number of nitrogens with zero attached hydrogens (tertiary/aromatic N) is 2. The quantitative estimate of drug-likeness (QED) is 0.135. The molecule has 8 nitrogen and oxygen atoms in total. The van der Waals surface area contributed by atoms with Gasteiger partial charge < -0.3 is 20.3 Å². The molecule has 0 aliphatic carbocycles. The summed E-state index contributed by atoms with van der Waals surface area (Å²) in [5.41, 5.74) is 3.28. The molecule has 5 rings (SSSR count). The van der Waals surface area contributed by atoms with Crippen LogP contribution in [-0.4, -0.2) is 55.7 Å². The molecule has 4 aromatic rings. The van der Waals surface area contributed by atoms with Gasteiger partial charge in [-0.3, -0.25) is 18.2 Å². The van der Waals surface area contributed by atoms with Crippen LogP contribution in [0.25, 0.3) is 10.9 Å². The van der Waals surface area contributed by atoms with Crippen molar-refractivity contribution in [3.8, 4) is 0 Å². The van der Waals surface area contributed by atoms with Gasteiger partial charge in [-0.1, -0.05) is 55.5 Å². The number of anilines is 1. The van der Waals surface area contributed by atoms with Gasteiger partial charge in [0.1, 0.15) is 0 Å². The van der Waals surface area contributed by atoms with E-state index in [9.17, 15) is 32.2 Å². The Hall–Kier alpha value is -3.55. The minimum Gasteiger partial charge on any atom is -0.390 e. The maximum absolute atomic E-state index is 13.9. The summed E-state index contributed by atoms with van der Waals surface area (Å²) in [6.07, 6.45) is -1.90. The van der Waals surface area contributed by atoms with Gasteiger partial charge in [-0.2, -0.15) is 13.2 Å². The van der Waals surface area contributed by atoms with Crippen molar-refractivity contribution in [3.05, 3.63) is 101 Å². The lowest BCUT2D eigenvalue weighted by Gasteiger charge is -2.38. The van der Waals surface area contributed by atoms with Crippen LogP contribution >= 0.6 is 10.8 Å². The second-order valence-electron chi connectivity index (χ2n) is 11.5. The number of fused-ring (bicyclic) bond motifs is 1. The molecule has 1 fully saturated rings. The lowest BCUT2D eigenvalue weighted by atomic mass is 9.99. The highest BCUT2D eigenvalue weighted by Gasteiger charge is 2.33. The predicted octanol–water partition coefficient (Wildman–Crippen LogP) is 6.13. The van der Waals surface area contributed by atoms with E-state index in [4.69, 9.17) is 0 Å². The number of amides is 1. The number of rotatable bonds is 11. The van der Waals surface area contributed by atoms with Gasteiger partial charge in [0, 0.05) is 43.8 Å². The number of halogens is 3. The van der Waals surface area contributed by atoms with Gasteiger partial charge in [-0.05, 0) is 54.2 Å². The molecule has 242 valence electrons. The fourth-order valence-corrected chi connectivity index (χ4v) is 7.52. The average molecular weight is 645 g/mol. The first-order valence-corrected chi connectivity index (χ1v) is 16.6. The third-order valence-electron chi connectivity index (χ3n) is 8.20. The van der Waals surface area contributed by atoms with E-state index in [0.29, 0.717) is 42.6 Å². The highest BCUT2D eigenvalue weighted by Crippen LogP contribution is 2.53. The van der Waals surface area contributed by atoms with Crippen LogP contribution in [0.5, 0.6) is 0 Å². The summed E-state index contributed by atoms with van der Waals surface area (Å²) in [5, 5.41) is 18.1. The molecule has 5 N–H and O–H groups in total. The number of hydrogen-bond acceptors (Lipinski definition) is 6. The number of aliphatic hydroxyl groups is 1. The van der Waals surface area contributed by atoms with Crippen molar-refractivity contribution >= 4 is 33.3 Å². The first kappa shape index (κ1) is 32.8. The van der Waals surface area contributed by atoms with Crippen molar-refractivity contribution in [2.24, 2.45) is 7.05 Å². The van der Waals surface area contributed by atoms with Crippen LogP contribution in [0.4, 0.5) is 18.9 Å². The number of aromatic nitrogens is 1. The zero-order valence-corrected chi connectivity index (χ0v) is 26.0. The molecule has 0 bridgehead atoms. The van der Waals surface area contributed by atoms with E-state index in [2.05, 4.69) is 10.6 Å². The van der Waals surface area contributed by atoms with Crippen LogP contribution in [0.1, 0.15) is 46.0 Å². The van der Waals surface area contributed by atoms with E-state index in [1.165, 1.54) is 6.07 Å². The number of aryl methyl sites for hydroxylation is 2. The number of aliphatic hydroxyl groups excluding tert-OH is 1. The predicted molar refractivity (Wildman–Crippen MR) is 173 cm³/mol. The Kier molecular flexibility index (Phi) is 9.80. The topological polar surface area (TPSA) is 110 Å². The smallest absolute Gasteiger partial charge is 0.390 e. The highest BCUT2D eigenvalue weighted by atomic mass is 32.3. The van der Waals surface area contributed by atoms with Crippen molar-refractivity contribution in [1.29, 1.82) is 0 Å². The van der Waals surface area contributed by atoms with Crippen molar-refractivity contribution in [2.45, 2.75) is 51.1 Å². The van der Waals surface area contributed by atoms with Crippen LogP contribution in [0, 0.1) is 0 Å². The van der Waals surface area contributed by atoms with Crippen LogP contribution < -0.4 is 14.9 Å². The van der Waals surface area contributed by atoms with Crippen LogP contribution in [0.2, 0.25) is 0 Å². The molecular formula is C33H39F3N4O4S. The maximum atomic E-state index is 13.9. The number of nitrogens with one attached hydrogen (secondary N) is 2. The van der Waals surface area contributed by atoms with E-state index in [1.807, 2.05) is 55.1 Å². The molecule has 1 amide bonds. The largest absolute Gasteiger partial charge is 0.416 e. The number of alkyl halides is 3. The Labute approximate surface area is 262 Å². The molecule has 0 spiro atoms. The maximum Gasteiger partial charge on any atom is 0.416 e. The number of hydrogen-bond donors (Lipinski definition) is 5. The molecular weight excluding hydrogens is 605 g/mol. The lowest BCUT2D eigenvalue weighted by Crippen LogP contribution is -2.48. The Balaban J connectivity index is 1.39. The Morgan fingerprint density at radius 3 is 2.44 bits per heavy atom. The van der Waals surface area contributed by atoms with Crippen LogP contribution in [0.15, 0.2) is 72.9 Å². The molecule has 1 aliphatic rings. The molecule has 1 aromatic heterocycles. The van der Waals surface area contributed by atoms with E-state index < -0.39 is 40.6 Å². The summed E-state index contributed by atoms with van der Waals surface area (Å²) < 4.78 is 64.6. The van der Waals surface area contributed by atoms with Crippen molar-refractivity contribution in [2.75, 3.05) is 23.1 Å². The van der Waals surface area contributed by atoms with Crippen molar-refractivity contribution < 1.29 is 32.2 Å². The second-order valence-corrected chi connectivity index (χ2v) is 13.6. The summed E-state index contributed by atoms with van der Waals surface area (Å²) in [4.78, 5) is 13.9. The molecule has 45 heavy (non-hydrogen) atoms. The van der Waals surface area contributed by atoms with Crippen LogP contribution in [0.3, 0.4) is 0 Å². The van der Waals surface area contributed by atoms with Gasteiger partial charge in [0.2, 0.25) is 0 Å². The minimum absolute atomic E-state index is 0.0195. The van der Waals surface area contributed by atoms with E-state index >= 15 is 0 Å². The molecule has 3 aromatic carbocycles. The SMILES string of the molecule is CCc1cn(C)c2c(N3CCCS3(O)O)cc(C(=O)N[C@@H](Cc3ccccc3)[C@@H](O)CNCc3cccc(C(F)(F)F)c3)cc12. The number of carbonyl (C=O) groups excluding carboxylic acids is 1. The first-order chi connectivity index (χ1) is 21.4. The molecule has 12 heteroatoms. The van der Waals surface area contributed by atoms with E-state index in [1.54, 1.807) is 22.5 Å². The number of carbonyl (C=O) groups is 1. The minimum atomic E-state index is -4.45. The molecule has 0 saturated carbocycles. The van der Waals surface area contributed by atoms with E-state index in [0.717, 1.165) is 34.2 Å². The standard InChI is InChI=1S/C33H39F3N4O4S/c1-3-24-21-39(2)31-27(24)17-25(18-29(31)40-13-8-14-45(40,43)44)32(42)38-28(16-22-9-5-4-6-10-22)30(41)20-37-19-23-11-7-12-26(15-23)33(34,35)36/h4-7,9-12,15,17-18,21,28,30,37,41,43-44H,3,8,13-14,16,19-20H2,1-2H3,(H,38,42)/t28-,30-/m0/s1. The highest BCUT2D eigenvalue weighted by molar-refractivity contribution is 8.25. The Bertz CT molecular complexity index is 1640. The van der Waals surface area contributed by atoms with Gasteiger partial charge in [-0.15, -0.1) is 10.8 Å². The normalized spacial score (nSPS) is 16.9. The average Bonchev–Trinajstić information content (AvgIpc) is 3.54. The summed E-state index contributed by atoms with van der Waals surface area (Å²) in [7, 11) is -1.14. The third-order valence-corrected chi connectivity index (χ3v) is 10.1. The molecule has 0 radical (unpaired) electrons. The van der Waals surface area contributed by atoms with Crippen molar-refractivity contribution in [1.82, 2.24) is 15.2 Å². The summed E-state index contributed by atoms with van der Waals surface area (Å²) in [6, 6.07) is 17.1. The lowest BCUT2D eigenvalue weighted by molar-refractivity contribution is -0.137. The summed E-state index contributed by atoms with van der Waals surface area (Å²) in [5.74, 6) is -0.174. The van der Waals surface area contributed by atoms with Gasteiger partial charge in [-0.25, -0.2) is 0 Å². The molecule has 1 aliphatic heterocycles. The molecule has 1 saturated heterocycles. The Morgan fingerprint density at radius 1 is 1.04 bits per heavy atom. The van der Waals surface area contributed by atoms with Crippen molar-refractivity contribution in [3.63, 3.8) is 0 Å². The molecule has 2 heterocycles. The van der Waals surface area contributed by atoms with E-state index in [-0.39, 0.29) is 18.8 Å². The van der Waals surface area contributed by atoms with Gasteiger partial charge >= 0.3 is 6.18 Å². The molecule has 0 unspecified atom stereocenters. The van der Waals surface area contributed by atoms with Gasteiger partial charge in [0.05, 0.1) is 34.7 Å². The zero-order chi connectivity index (χ0) is 32.4. The van der Waals surface area contributed by atoms with Gasteiger partial charge in [0.15, 0.2) is 0 Å². The number of benzene rings is 3. The van der Waals surface area contributed by atoms with Gasteiger partial charge in [0.25, 0.3) is 5.91 Å². The second kappa shape index (κ2) is 13.4. The summed E-state index contributed by atoms with van der Waals surface area (Å²) >= 11 is 0. The third kappa shape index (κ3) is 7.47. The fourth-order valence-electron chi connectivity index (χ4n) is 5.91. The van der Waals surface area contributed by atoms with Crippen LogP contribution in [-0.2, 0) is 32.6 Å². The zero-order valence-electron chi connectivity index (χ0n) is 25.2.